The van der Waals surface area contributed by atoms with Crippen molar-refractivity contribution in [3.8, 4) is 11.5 Å². The summed E-state index contributed by atoms with van der Waals surface area (Å²) in [6, 6.07) is 11.0. The van der Waals surface area contributed by atoms with Crippen LogP contribution in [0.3, 0.4) is 0 Å². The topological polar surface area (TPSA) is 80.2 Å². The maximum absolute atomic E-state index is 12.6. The van der Waals surface area contributed by atoms with Gasteiger partial charge in [-0.05, 0) is 49.2 Å². The number of carbonyl (C=O) groups excluding carboxylic acids is 2. The van der Waals surface area contributed by atoms with Crippen LogP contribution in [0.4, 0.5) is 11.4 Å². The molecule has 1 fully saturated rings. The van der Waals surface area contributed by atoms with Gasteiger partial charge in [-0.15, -0.1) is 0 Å². The number of ether oxygens (including phenoxy) is 2. The fourth-order valence-electron chi connectivity index (χ4n) is 2.97. The molecule has 1 atom stereocenters. The molecule has 0 aromatic heterocycles. The van der Waals surface area contributed by atoms with Gasteiger partial charge in [-0.25, -0.2) is 4.99 Å². The van der Waals surface area contributed by atoms with Crippen molar-refractivity contribution in [2.45, 2.75) is 25.5 Å². The van der Waals surface area contributed by atoms with Crippen molar-refractivity contribution in [2.24, 2.45) is 4.99 Å². The molecule has 1 heterocycles. The molecular formula is C22H25N3O4S. The number of carbonyl (C=O) groups is 2. The second-order valence-corrected chi connectivity index (χ2v) is 8.16. The molecule has 2 amide bonds. The smallest absolute Gasteiger partial charge is 0.242 e. The molecule has 0 bridgehead atoms. The molecule has 1 aliphatic heterocycles. The molecule has 0 aliphatic carbocycles. The summed E-state index contributed by atoms with van der Waals surface area (Å²) in [5.41, 5.74) is 3.63. The minimum Gasteiger partial charge on any atom is -0.497 e. The van der Waals surface area contributed by atoms with Crippen molar-refractivity contribution in [3.63, 3.8) is 0 Å². The lowest BCUT2D eigenvalue weighted by Gasteiger charge is -2.12. The number of benzene rings is 2. The molecule has 0 radical (unpaired) electrons. The summed E-state index contributed by atoms with van der Waals surface area (Å²) < 4.78 is 10.5. The molecule has 30 heavy (non-hydrogen) atoms. The Bertz CT molecular complexity index is 1010. The molecule has 0 spiro atoms. The predicted octanol–water partition coefficient (Wildman–Crippen LogP) is 3.91. The van der Waals surface area contributed by atoms with Gasteiger partial charge in [0.2, 0.25) is 11.8 Å². The average Bonchev–Trinajstić information content (AvgIpc) is 2.98. The number of hydrogen-bond donors (Lipinski definition) is 1. The van der Waals surface area contributed by atoms with E-state index in [1.807, 2.05) is 32.0 Å². The third-order valence-corrected chi connectivity index (χ3v) is 6.14. The summed E-state index contributed by atoms with van der Waals surface area (Å²) in [5.74, 6) is 0.701. The Balaban J connectivity index is 1.70. The quantitative estimate of drug-likeness (QED) is 0.756. The lowest BCUT2D eigenvalue weighted by Crippen LogP contribution is -2.30. The van der Waals surface area contributed by atoms with Crippen LogP contribution in [0.15, 0.2) is 41.4 Å². The summed E-state index contributed by atoms with van der Waals surface area (Å²) in [5, 5.41) is 2.87. The van der Waals surface area contributed by atoms with Gasteiger partial charge in [0, 0.05) is 19.5 Å². The van der Waals surface area contributed by atoms with Crippen LogP contribution in [-0.4, -0.2) is 48.4 Å². The van der Waals surface area contributed by atoms with Gasteiger partial charge in [-0.3, -0.25) is 14.5 Å². The predicted molar refractivity (Wildman–Crippen MR) is 120 cm³/mol. The largest absolute Gasteiger partial charge is 0.497 e. The Labute approximate surface area is 180 Å². The molecule has 1 aliphatic rings. The van der Waals surface area contributed by atoms with Crippen LogP contribution in [0.2, 0.25) is 0 Å². The fraction of sp³-hybridized carbons (Fsp3) is 0.318. The van der Waals surface area contributed by atoms with E-state index < -0.39 is 5.25 Å². The number of rotatable bonds is 6. The first-order valence-corrected chi connectivity index (χ1v) is 10.3. The van der Waals surface area contributed by atoms with Crippen LogP contribution < -0.4 is 14.8 Å². The van der Waals surface area contributed by atoms with Gasteiger partial charge < -0.3 is 14.8 Å². The number of hydrogen-bond acceptors (Lipinski definition) is 6. The van der Waals surface area contributed by atoms with E-state index in [0.717, 1.165) is 11.3 Å². The number of anilines is 1. The Morgan fingerprint density at radius 3 is 2.57 bits per heavy atom. The molecule has 3 rings (SSSR count). The first kappa shape index (κ1) is 21.7. The van der Waals surface area contributed by atoms with Crippen molar-refractivity contribution in [1.29, 1.82) is 0 Å². The van der Waals surface area contributed by atoms with E-state index in [0.29, 0.717) is 22.4 Å². The number of nitrogens with zero attached hydrogens (tertiary/aromatic N) is 2. The highest BCUT2D eigenvalue weighted by molar-refractivity contribution is 8.15. The molecule has 2 aromatic rings. The zero-order chi connectivity index (χ0) is 21.8. The molecule has 1 saturated heterocycles. The number of amides is 2. The van der Waals surface area contributed by atoms with Crippen molar-refractivity contribution in [1.82, 2.24) is 4.90 Å². The van der Waals surface area contributed by atoms with E-state index in [1.165, 1.54) is 29.3 Å². The highest BCUT2D eigenvalue weighted by Crippen LogP contribution is 2.33. The van der Waals surface area contributed by atoms with Crippen molar-refractivity contribution in [2.75, 3.05) is 26.6 Å². The average molecular weight is 428 g/mol. The number of aryl methyl sites for hydroxylation is 2. The third kappa shape index (κ3) is 4.76. The van der Waals surface area contributed by atoms with Crippen LogP contribution in [0.5, 0.6) is 11.5 Å². The molecule has 1 unspecified atom stereocenters. The normalized spacial score (nSPS) is 17.4. The van der Waals surface area contributed by atoms with E-state index in [4.69, 9.17) is 9.47 Å². The fourth-order valence-corrected chi connectivity index (χ4v) is 4.13. The molecule has 8 heteroatoms. The zero-order valence-corrected chi connectivity index (χ0v) is 18.5. The Morgan fingerprint density at radius 2 is 1.90 bits per heavy atom. The maximum Gasteiger partial charge on any atom is 0.242 e. The molecule has 158 valence electrons. The summed E-state index contributed by atoms with van der Waals surface area (Å²) in [6.45, 7) is 4.06. The summed E-state index contributed by atoms with van der Waals surface area (Å²) >= 11 is 1.30. The number of nitrogens with one attached hydrogen (secondary N) is 1. The molecule has 1 N–H and O–H groups in total. The summed E-state index contributed by atoms with van der Waals surface area (Å²) in [6.07, 6.45) is 0.0367. The van der Waals surface area contributed by atoms with E-state index >= 15 is 0 Å². The first-order valence-electron chi connectivity index (χ1n) is 9.44. The lowest BCUT2D eigenvalue weighted by atomic mass is 10.1. The SMILES string of the molecule is COc1ccc(NC(=O)CC2SC(=Nc3ccc(C)c(C)c3)N(C)C2=O)c(OC)c1. The van der Waals surface area contributed by atoms with Crippen LogP contribution in [0, 0.1) is 13.8 Å². The van der Waals surface area contributed by atoms with Gasteiger partial charge in [0.1, 0.15) is 16.7 Å². The second kappa shape index (κ2) is 9.21. The summed E-state index contributed by atoms with van der Waals surface area (Å²) in [7, 11) is 4.76. The summed E-state index contributed by atoms with van der Waals surface area (Å²) in [4.78, 5) is 31.3. The van der Waals surface area contributed by atoms with Gasteiger partial charge >= 0.3 is 0 Å². The van der Waals surface area contributed by atoms with E-state index in [9.17, 15) is 9.59 Å². The van der Waals surface area contributed by atoms with Gasteiger partial charge in [0.15, 0.2) is 5.17 Å². The van der Waals surface area contributed by atoms with E-state index in [-0.39, 0.29) is 18.2 Å². The minimum atomic E-state index is -0.524. The van der Waals surface area contributed by atoms with Crippen LogP contribution in [0.25, 0.3) is 0 Å². The van der Waals surface area contributed by atoms with E-state index in [1.54, 1.807) is 32.4 Å². The van der Waals surface area contributed by atoms with Gasteiger partial charge in [0.05, 0.1) is 25.6 Å². The van der Waals surface area contributed by atoms with Gasteiger partial charge in [-0.2, -0.15) is 0 Å². The first-order chi connectivity index (χ1) is 14.3. The van der Waals surface area contributed by atoms with Crippen LogP contribution >= 0.6 is 11.8 Å². The van der Waals surface area contributed by atoms with Crippen LogP contribution in [-0.2, 0) is 9.59 Å². The van der Waals surface area contributed by atoms with Crippen LogP contribution in [0.1, 0.15) is 17.5 Å². The Hall–Kier alpha value is -3.00. The van der Waals surface area contributed by atoms with E-state index in [2.05, 4.69) is 10.3 Å². The lowest BCUT2D eigenvalue weighted by molar-refractivity contribution is -0.127. The highest BCUT2D eigenvalue weighted by Gasteiger charge is 2.37. The minimum absolute atomic E-state index is 0.0367. The number of amidine groups is 1. The Morgan fingerprint density at radius 1 is 1.13 bits per heavy atom. The molecule has 7 nitrogen and oxygen atoms in total. The van der Waals surface area contributed by atoms with Gasteiger partial charge in [0.25, 0.3) is 0 Å². The zero-order valence-electron chi connectivity index (χ0n) is 17.7. The number of aliphatic imine (C=N–C) groups is 1. The number of methoxy groups -OCH3 is 2. The van der Waals surface area contributed by atoms with Crippen molar-refractivity contribution < 1.29 is 19.1 Å². The molecule has 2 aromatic carbocycles. The van der Waals surface area contributed by atoms with Gasteiger partial charge in [-0.1, -0.05) is 17.8 Å². The third-order valence-electron chi connectivity index (χ3n) is 4.91. The highest BCUT2D eigenvalue weighted by atomic mass is 32.2. The molecular weight excluding hydrogens is 402 g/mol. The number of thioether (sulfide) groups is 1. The monoisotopic (exact) mass is 427 g/mol. The van der Waals surface area contributed by atoms with Crippen molar-refractivity contribution >= 4 is 40.1 Å². The molecule has 0 saturated carbocycles. The maximum atomic E-state index is 12.6. The van der Waals surface area contributed by atoms with Crippen molar-refractivity contribution in [3.05, 3.63) is 47.5 Å². The Kier molecular flexibility index (Phi) is 6.66. The second-order valence-electron chi connectivity index (χ2n) is 6.99. The standard InChI is InChI=1S/C22H25N3O4S/c1-13-6-7-15(10-14(13)2)23-22-25(3)21(27)19(30-22)12-20(26)24-17-9-8-16(28-4)11-18(17)29-5/h6-11,19H,12H2,1-5H3,(H,24,26).